The van der Waals surface area contributed by atoms with Gasteiger partial charge >= 0.3 is 0 Å². The first-order chi connectivity index (χ1) is 23.6. The number of hydrogen-bond acceptors (Lipinski definition) is 8. The van der Waals surface area contributed by atoms with E-state index < -0.39 is 17.7 Å². The van der Waals surface area contributed by atoms with Gasteiger partial charge in [0.2, 0.25) is 11.7 Å². The second-order valence-corrected chi connectivity index (χ2v) is 12.3. The van der Waals surface area contributed by atoms with E-state index in [2.05, 4.69) is 23.8 Å². The molecule has 4 rings (SSSR count). The van der Waals surface area contributed by atoms with Crippen LogP contribution in [0.25, 0.3) is 0 Å². The number of hydrogen-bond donors (Lipinski definition) is 0. The van der Waals surface area contributed by atoms with E-state index in [4.69, 9.17) is 14.2 Å². The third kappa shape index (κ3) is 9.01. The molecule has 0 aliphatic rings. The molecule has 10 heteroatoms. The summed E-state index contributed by atoms with van der Waals surface area (Å²) in [5.74, 6) is -0.918. The minimum atomic E-state index is -0.962. The second kappa shape index (κ2) is 17.2. The van der Waals surface area contributed by atoms with Crippen molar-refractivity contribution in [3.8, 4) is 17.2 Å². The molecular weight excluding hydrogens is 620 g/mol. The average Bonchev–Trinajstić information content (AvgIpc) is 3.15. The van der Waals surface area contributed by atoms with Gasteiger partial charge < -0.3 is 24.0 Å². The molecule has 49 heavy (non-hydrogen) atoms. The van der Waals surface area contributed by atoms with E-state index in [9.17, 15) is 14.4 Å². The van der Waals surface area contributed by atoms with Crippen LogP contribution >= 0.6 is 0 Å². The maximum absolute atomic E-state index is 14.7. The van der Waals surface area contributed by atoms with Gasteiger partial charge in [-0.3, -0.25) is 24.4 Å². The van der Waals surface area contributed by atoms with Gasteiger partial charge in [0.1, 0.15) is 6.04 Å². The van der Waals surface area contributed by atoms with E-state index >= 15 is 0 Å². The Morgan fingerprint density at radius 2 is 1.24 bits per heavy atom. The normalized spacial score (nSPS) is 13.4. The summed E-state index contributed by atoms with van der Waals surface area (Å²) in [6, 6.07) is 19.1. The lowest BCUT2D eigenvalue weighted by atomic mass is 9.87. The van der Waals surface area contributed by atoms with E-state index in [1.54, 1.807) is 24.3 Å². The molecule has 3 atom stereocenters. The Balaban J connectivity index is 1.68. The summed E-state index contributed by atoms with van der Waals surface area (Å²) in [5, 5.41) is 0. The number of rotatable bonds is 16. The summed E-state index contributed by atoms with van der Waals surface area (Å²) in [6.45, 7) is 4.26. The number of nitrogens with zero attached hydrogens (tertiary/aromatic N) is 4. The molecule has 2 aromatic heterocycles. The number of Topliss-reactive ketones (excluding diaryl/α,β-unsaturated/α-hetero) is 1. The van der Waals surface area contributed by atoms with Crippen molar-refractivity contribution in [3.05, 3.63) is 114 Å². The quantitative estimate of drug-likeness (QED) is 0.106. The third-order valence-corrected chi connectivity index (χ3v) is 9.12. The van der Waals surface area contributed by atoms with Crippen molar-refractivity contribution >= 4 is 17.6 Å². The minimum Gasteiger partial charge on any atom is -0.493 e. The SMILES string of the molecule is COc1cc(C(=O)C(=O)N(C)[C@@H](Cc2ccccc2)C(=O)N(C)C(CC(C)c2cccnc2)CC(C)c2cccnc2)cc(OC)c1OC. The molecule has 2 aromatic carbocycles. The predicted octanol–water partition coefficient (Wildman–Crippen LogP) is 5.97. The monoisotopic (exact) mass is 666 g/mol. The molecule has 2 amide bonds. The number of carbonyl (C=O) groups excluding carboxylic acids is 3. The van der Waals surface area contributed by atoms with Crippen molar-refractivity contribution in [1.29, 1.82) is 0 Å². The summed E-state index contributed by atoms with van der Waals surface area (Å²) in [5.41, 5.74) is 3.06. The average molecular weight is 667 g/mol. The number of amides is 2. The van der Waals surface area contributed by atoms with E-state index in [0.717, 1.165) is 16.7 Å². The summed E-state index contributed by atoms with van der Waals surface area (Å²) in [6.07, 6.45) is 8.75. The van der Waals surface area contributed by atoms with Crippen molar-refractivity contribution in [3.63, 3.8) is 0 Å². The molecule has 0 N–H and O–H groups in total. The lowest BCUT2D eigenvalue weighted by molar-refractivity contribution is -0.143. The molecule has 258 valence electrons. The lowest BCUT2D eigenvalue weighted by Gasteiger charge is -2.37. The summed E-state index contributed by atoms with van der Waals surface area (Å²) >= 11 is 0. The second-order valence-electron chi connectivity index (χ2n) is 12.3. The Labute approximate surface area is 289 Å². The zero-order chi connectivity index (χ0) is 35.5. The van der Waals surface area contributed by atoms with Crippen molar-refractivity contribution < 1.29 is 28.6 Å². The molecule has 0 saturated heterocycles. The van der Waals surface area contributed by atoms with E-state index in [0.29, 0.717) is 18.6 Å². The Morgan fingerprint density at radius 1 is 0.714 bits per heavy atom. The maximum Gasteiger partial charge on any atom is 0.295 e. The Kier molecular flexibility index (Phi) is 12.9. The first kappa shape index (κ1) is 36.6. The largest absolute Gasteiger partial charge is 0.493 e. The highest BCUT2D eigenvalue weighted by atomic mass is 16.5. The first-order valence-electron chi connectivity index (χ1n) is 16.3. The fourth-order valence-corrected chi connectivity index (χ4v) is 6.12. The van der Waals surface area contributed by atoms with Gasteiger partial charge in [-0.1, -0.05) is 56.3 Å². The van der Waals surface area contributed by atoms with Crippen molar-refractivity contribution in [2.45, 2.75) is 57.0 Å². The number of likely N-dealkylation sites (N-methyl/N-ethyl adjacent to an activating group) is 2. The zero-order valence-corrected chi connectivity index (χ0v) is 29.3. The molecule has 4 aromatic rings. The summed E-state index contributed by atoms with van der Waals surface area (Å²) in [7, 11) is 7.62. The highest BCUT2D eigenvalue weighted by molar-refractivity contribution is 6.43. The summed E-state index contributed by atoms with van der Waals surface area (Å²) < 4.78 is 16.2. The number of aromatic nitrogens is 2. The van der Waals surface area contributed by atoms with Crippen LogP contribution in [0, 0.1) is 0 Å². The molecular formula is C39H46N4O6. The molecule has 0 radical (unpaired) electrons. The van der Waals surface area contributed by atoms with E-state index in [-0.39, 0.29) is 47.3 Å². The Morgan fingerprint density at radius 3 is 1.69 bits per heavy atom. The van der Waals surface area contributed by atoms with Crippen LogP contribution in [0.2, 0.25) is 0 Å². The van der Waals surface area contributed by atoms with E-state index in [1.807, 2.05) is 67.0 Å². The predicted molar refractivity (Wildman–Crippen MR) is 188 cm³/mol. The van der Waals surface area contributed by atoms with Gasteiger partial charge in [0.05, 0.1) is 21.3 Å². The molecule has 0 fully saturated rings. The minimum absolute atomic E-state index is 0.0547. The van der Waals surface area contributed by atoms with Gasteiger partial charge in [0.15, 0.2) is 11.5 Å². The first-order valence-corrected chi connectivity index (χ1v) is 16.3. The van der Waals surface area contributed by atoms with Crippen molar-refractivity contribution in [2.24, 2.45) is 0 Å². The number of benzene rings is 2. The van der Waals surface area contributed by atoms with Gasteiger partial charge in [-0.05, 0) is 65.6 Å². The van der Waals surface area contributed by atoms with Gasteiger partial charge in [-0.25, -0.2) is 0 Å². The van der Waals surface area contributed by atoms with Crippen LogP contribution in [-0.4, -0.2) is 84.9 Å². The van der Waals surface area contributed by atoms with Crippen molar-refractivity contribution in [2.75, 3.05) is 35.4 Å². The van der Waals surface area contributed by atoms with E-state index in [1.165, 1.54) is 45.4 Å². The number of ether oxygens (including phenoxy) is 3. The fourth-order valence-electron chi connectivity index (χ4n) is 6.12. The van der Waals surface area contributed by atoms with Gasteiger partial charge in [-0.2, -0.15) is 0 Å². The van der Waals surface area contributed by atoms with Crippen LogP contribution in [0.3, 0.4) is 0 Å². The Hall–Kier alpha value is -5.25. The standard InChI is InChI=1S/C39H46N4O6/c1-26(29-15-11-17-40-24-29)19-32(20-27(2)30-16-12-18-41-25-30)42(3)38(45)33(21-28-13-9-8-10-14-28)43(4)39(46)36(44)31-22-34(47-5)37(49-7)35(23-31)48-6/h8-18,22-27,32-33H,19-21H2,1-7H3/t26?,27?,32?,33-/m0/s1. The van der Waals surface area contributed by atoms with Crippen LogP contribution in [0.4, 0.5) is 0 Å². The smallest absolute Gasteiger partial charge is 0.295 e. The molecule has 0 aliphatic heterocycles. The highest BCUT2D eigenvalue weighted by Gasteiger charge is 2.36. The molecule has 2 heterocycles. The summed E-state index contributed by atoms with van der Waals surface area (Å²) in [4.78, 5) is 53.9. The number of pyridine rings is 2. The molecule has 0 aliphatic carbocycles. The number of carbonyl (C=O) groups is 3. The maximum atomic E-state index is 14.7. The topological polar surface area (TPSA) is 111 Å². The highest BCUT2D eigenvalue weighted by Crippen LogP contribution is 2.38. The number of methoxy groups -OCH3 is 3. The zero-order valence-electron chi connectivity index (χ0n) is 29.3. The van der Waals surface area contributed by atoms with Gasteiger partial charge in [-0.15, -0.1) is 0 Å². The number of ketones is 1. The fraction of sp³-hybridized carbons (Fsp3) is 0.359. The molecule has 0 spiro atoms. The van der Waals surface area contributed by atoms with Crippen molar-refractivity contribution in [1.82, 2.24) is 19.8 Å². The van der Waals surface area contributed by atoms with Crippen LogP contribution in [0.5, 0.6) is 17.2 Å². The molecule has 0 bridgehead atoms. The molecule has 10 nitrogen and oxygen atoms in total. The molecule has 0 saturated carbocycles. The van der Waals surface area contributed by atoms with Crippen LogP contribution in [0.15, 0.2) is 91.5 Å². The van der Waals surface area contributed by atoms with Crippen LogP contribution in [0.1, 0.15) is 65.6 Å². The van der Waals surface area contributed by atoms with Gasteiger partial charge in [0, 0.05) is 56.9 Å². The molecule has 2 unspecified atom stereocenters. The van der Waals surface area contributed by atoms with Gasteiger partial charge in [0.25, 0.3) is 11.7 Å². The third-order valence-electron chi connectivity index (χ3n) is 9.12. The van der Waals surface area contributed by atoms with Crippen LogP contribution < -0.4 is 14.2 Å². The Bertz CT molecular complexity index is 1610. The van der Waals surface area contributed by atoms with Crippen LogP contribution in [-0.2, 0) is 16.0 Å². The lowest BCUT2D eigenvalue weighted by Crippen LogP contribution is -2.53.